The molecule has 1 aliphatic rings. The summed E-state index contributed by atoms with van der Waals surface area (Å²) >= 11 is 0. The van der Waals surface area contributed by atoms with Gasteiger partial charge in [0.2, 0.25) is 11.8 Å². The van der Waals surface area contributed by atoms with Crippen LogP contribution in [0.3, 0.4) is 0 Å². The fraction of sp³-hybridized carbons (Fsp3) is 0.727. The maximum Gasteiger partial charge on any atom is 0.239 e. The van der Waals surface area contributed by atoms with E-state index in [1.807, 2.05) is 11.8 Å². The van der Waals surface area contributed by atoms with Crippen LogP contribution < -0.4 is 5.32 Å². The van der Waals surface area contributed by atoms with Crippen LogP contribution >= 0.6 is 0 Å². The number of nitrogens with one attached hydrogen (secondary N) is 1. The number of nitrogens with zero attached hydrogens (tertiary/aromatic N) is 3. The summed E-state index contributed by atoms with van der Waals surface area (Å²) < 4.78 is 10.1. The number of carbonyl (C=O) groups is 1. The third-order valence-corrected chi connectivity index (χ3v) is 2.89. The maximum absolute atomic E-state index is 12.0. The second-order valence-electron chi connectivity index (χ2n) is 4.20. The van der Waals surface area contributed by atoms with Crippen molar-refractivity contribution in [1.29, 1.82) is 0 Å². The van der Waals surface area contributed by atoms with Gasteiger partial charge in [-0.2, -0.15) is 4.98 Å². The highest BCUT2D eigenvalue weighted by atomic mass is 16.5. The molecule has 0 saturated carbocycles. The van der Waals surface area contributed by atoms with Crippen molar-refractivity contribution in [2.24, 2.45) is 0 Å². The average Bonchev–Trinajstić information content (AvgIpc) is 2.92. The van der Waals surface area contributed by atoms with Gasteiger partial charge in [-0.25, -0.2) is 0 Å². The van der Waals surface area contributed by atoms with E-state index in [2.05, 4.69) is 15.5 Å². The molecule has 1 amide bonds. The van der Waals surface area contributed by atoms with Crippen LogP contribution in [-0.2, 0) is 16.0 Å². The molecule has 0 aliphatic carbocycles. The number of rotatable bonds is 5. The largest absolute Gasteiger partial charge is 0.378 e. The lowest BCUT2D eigenvalue weighted by atomic mass is 10.2. The van der Waals surface area contributed by atoms with Crippen molar-refractivity contribution in [2.75, 3.05) is 32.8 Å². The zero-order chi connectivity index (χ0) is 12.8. The molecule has 1 aromatic rings. The molecule has 0 spiro atoms. The Morgan fingerprint density at radius 3 is 3.00 bits per heavy atom. The third-order valence-electron chi connectivity index (χ3n) is 2.89. The molecule has 1 N–H and O–H groups in total. The molecule has 7 heteroatoms. The SMILES string of the molecule is CC(NCCc1ncno1)C(=O)N1CCOCC1. The number of aromatic nitrogens is 2. The second kappa shape index (κ2) is 6.46. The van der Waals surface area contributed by atoms with Crippen LogP contribution in [0.2, 0.25) is 0 Å². The van der Waals surface area contributed by atoms with Crippen LogP contribution in [0, 0.1) is 0 Å². The van der Waals surface area contributed by atoms with Crippen molar-refractivity contribution in [3.8, 4) is 0 Å². The van der Waals surface area contributed by atoms with Crippen LogP contribution in [0.4, 0.5) is 0 Å². The number of hydrogen-bond acceptors (Lipinski definition) is 6. The van der Waals surface area contributed by atoms with Gasteiger partial charge in [0, 0.05) is 26.1 Å². The summed E-state index contributed by atoms with van der Waals surface area (Å²) in [6, 6.07) is -0.203. The fourth-order valence-electron chi connectivity index (χ4n) is 1.85. The molecule has 1 saturated heterocycles. The quantitative estimate of drug-likeness (QED) is 0.759. The molecular weight excluding hydrogens is 236 g/mol. The number of carbonyl (C=O) groups excluding carboxylic acids is 1. The second-order valence-corrected chi connectivity index (χ2v) is 4.20. The number of hydrogen-bond donors (Lipinski definition) is 1. The van der Waals surface area contributed by atoms with Gasteiger partial charge in [-0.3, -0.25) is 4.79 Å². The molecular formula is C11H18N4O3. The highest BCUT2D eigenvalue weighted by molar-refractivity contribution is 5.81. The normalized spacial score (nSPS) is 17.7. The lowest BCUT2D eigenvalue weighted by Gasteiger charge is -2.29. The molecule has 0 bridgehead atoms. The Morgan fingerprint density at radius 1 is 1.56 bits per heavy atom. The molecule has 2 heterocycles. The van der Waals surface area contributed by atoms with Gasteiger partial charge in [-0.15, -0.1) is 0 Å². The Hall–Kier alpha value is -1.47. The molecule has 2 rings (SSSR count). The van der Waals surface area contributed by atoms with Gasteiger partial charge in [-0.1, -0.05) is 5.16 Å². The molecule has 0 aromatic carbocycles. The van der Waals surface area contributed by atoms with Gasteiger partial charge in [0.1, 0.15) is 0 Å². The summed E-state index contributed by atoms with van der Waals surface area (Å²) in [6.07, 6.45) is 2.00. The molecule has 1 fully saturated rings. The minimum atomic E-state index is -0.203. The smallest absolute Gasteiger partial charge is 0.239 e. The zero-order valence-electron chi connectivity index (χ0n) is 10.5. The highest BCUT2D eigenvalue weighted by Crippen LogP contribution is 2.00. The first kappa shape index (κ1) is 13.0. The van der Waals surface area contributed by atoms with E-state index in [0.717, 1.165) is 0 Å². The Kier molecular flexibility index (Phi) is 4.66. The summed E-state index contributed by atoms with van der Waals surface area (Å²) in [4.78, 5) is 17.8. The molecule has 100 valence electrons. The monoisotopic (exact) mass is 254 g/mol. The van der Waals surface area contributed by atoms with Crippen molar-refractivity contribution in [3.05, 3.63) is 12.2 Å². The van der Waals surface area contributed by atoms with E-state index >= 15 is 0 Å². The first-order chi connectivity index (χ1) is 8.77. The first-order valence-corrected chi connectivity index (χ1v) is 6.13. The Labute approximate surface area is 105 Å². The highest BCUT2D eigenvalue weighted by Gasteiger charge is 2.21. The van der Waals surface area contributed by atoms with E-state index in [0.29, 0.717) is 45.2 Å². The van der Waals surface area contributed by atoms with Crippen LogP contribution in [0.15, 0.2) is 10.9 Å². The number of amides is 1. The van der Waals surface area contributed by atoms with Crippen molar-refractivity contribution >= 4 is 5.91 Å². The molecule has 0 radical (unpaired) electrons. The van der Waals surface area contributed by atoms with Crippen LogP contribution in [0.25, 0.3) is 0 Å². The Morgan fingerprint density at radius 2 is 2.33 bits per heavy atom. The van der Waals surface area contributed by atoms with Gasteiger partial charge in [0.05, 0.1) is 19.3 Å². The summed E-state index contributed by atoms with van der Waals surface area (Å²) in [5.74, 6) is 0.692. The van der Waals surface area contributed by atoms with Crippen molar-refractivity contribution in [2.45, 2.75) is 19.4 Å². The zero-order valence-corrected chi connectivity index (χ0v) is 10.5. The number of ether oxygens (including phenoxy) is 1. The van der Waals surface area contributed by atoms with Crippen LogP contribution in [-0.4, -0.2) is 59.8 Å². The minimum Gasteiger partial charge on any atom is -0.378 e. The van der Waals surface area contributed by atoms with E-state index in [9.17, 15) is 4.79 Å². The standard InChI is InChI=1S/C11H18N4O3/c1-9(11(16)15-4-6-17-7-5-15)12-3-2-10-13-8-14-18-10/h8-9,12H,2-7H2,1H3. The molecule has 1 aromatic heterocycles. The Balaban J connectivity index is 1.70. The fourth-order valence-corrected chi connectivity index (χ4v) is 1.85. The van der Waals surface area contributed by atoms with Crippen molar-refractivity contribution < 1.29 is 14.1 Å². The van der Waals surface area contributed by atoms with Crippen molar-refractivity contribution in [1.82, 2.24) is 20.4 Å². The van der Waals surface area contributed by atoms with E-state index in [1.165, 1.54) is 6.33 Å². The predicted molar refractivity (Wildman–Crippen MR) is 62.9 cm³/mol. The topological polar surface area (TPSA) is 80.5 Å². The molecule has 1 unspecified atom stereocenters. The van der Waals surface area contributed by atoms with Gasteiger partial charge < -0.3 is 19.5 Å². The summed E-state index contributed by atoms with van der Waals surface area (Å²) in [6.45, 7) is 5.11. The van der Waals surface area contributed by atoms with Crippen LogP contribution in [0.1, 0.15) is 12.8 Å². The molecule has 1 aliphatic heterocycles. The summed E-state index contributed by atoms with van der Waals surface area (Å²) in [5.41, 5.74) is 0. The Bertz CT molecular complexity index is 362. The van der Waals surface area contributed by atoms with Gasteiger partial charge >= 0.3 is 0 Å². The van der Waals surface area contributed by atoms with E-state index in [-0.39, 0.29) is 11.9 Å². The maximum atomic E-state index is 12.0. The minimum absolute atomic E-state index is 0.115. The first-order valence-electron chi connectivity index (χ1n) is 6.13. The molecule has 18 heavy (non-hydrogen) atoms. The van der Waals surface area contributed by atoms with E-state index in [4.69, 9.17) is 9.26 Å². The van der Waals surface area contributed by atoms with E-state index in [1.54, 1.807) is 0 Å². The van der Waals surface area contributed by atoms with Gasteiger partial charge in [0.15, 0.2) is 6.33 Å². The summed E-state index contributed by atoms with van der Waals surface area (Å²) in [7, 11) is 0. The van der Waals surface area contributed by atoms with Gasteiger partial charge in [0.25, 0.3) is 0 Å². The number of morpholine rings is 1. The predicted octanol–water partition coefficient (Wildman–Crippen LogP) is -0.551. The van der Waals surface area contributed by atoms with Gasteiger partial charge in [-0.05, 0) is 6.92 Å². The summed E-state index contributed by atoms with van der Waals surface area (Å²) in [5, 5.41) is 6.68. The molecule has 7 nitrogen and oxygen atoms in total. The lowest BCUT2D eigenvalue weighted by molar-refractivity contribution is -0.137. The van der Waals surface area contributed by atoms with Crippen molar-refractivity contribution in [3.63, 3.8) is 0 Å². The third kappa shape index (κ3) is 3.51. The lowest BCUT2D eigenvalue weighted by Crippen LogP contribution is -2.49. The average molecular weight is 254 g/mol. The van der Waals surface area contributed by atoms with E-state index < -0.39 is 0 Å². The van der Waals surface area contributed by atoms with Crippen LogP contribution in [0.5, 0.6) is 0 Å². The molecule has 1 atom stereocenters.